The highest BCUT2D eigenvalue weighted by molar-refractivity contribution is 4.55. The maximum Gasteiger partial charge on any atom is -0.0443 e. The van der Waals surface area contributed by atoms with E-state index >= 15 is 0 Å². The van der Waals surface area contributed by atoms with Gasteiger partial charge < -0.3 is 0 Å². The van der Waals surface area contributed by atoms with Gasteiger partial charge in [0.1, 0.15) is 0 Å². The fourth-order valence-electron chi connectivity index (χ4n) is 3.32. The number of hydrogen-bond acceptors (Lipinski definition) is 0. The third-order valence-corrected chi connectivity index (χ3v) is 4.95. The highest BCUT2D eigenvalue weighted by atomic mass is 14.0. The van der Waals surface area contributed by atoms with Gasteiger partial charge in [-0.3, -0.25) is 0 Å². The molecule has 2 radical (unpaired) electrons. The maximum absolute atomic E-state index is 4.05. The Balaban J connectivity index is 2.95. The predicted molar refractivity (Wildman–Crippen MR) is 108 cm³/mol. The molecule has 0 aliphatic carbocycles. The molecule has 0 aromatic heterocycles. The lowest BCUT2D eigenvalue weighted by atomic mass is 10.0. The van der Waals surface area contributed by atoms with E-state index in [0.29, 0.717) is 5.92 Å². The normalized spacial score (nSPS) is 11.5. The van der Waals surface area contributed by atoms with E-state index in [4.69, 9.17) is 0 Å². The smallest absolute Gasteiger partial charge is 0.0443 e. The Bertz CT molecular complexity index is 194. The zero-order chi connectivity index (χ0) is 17.0. The third kappa shape index (κ3) is 22.0. The van der Waals surface area contributed by atoms with Gasteiger partial charge in [0, 0.05) is 0 Å². The van der Waals surface area contributed by atoms with Crippen molar-refractivity contribution < 1.29 is 0 Å². The summed E-state index contributed by atoms with van der Waals surface area (Å²) in [5.41, 5.74) is 0. The van der Waals surface area contributed by atoms with Gasteiger partial charge in [-0.15, -0.1) is 0 Å². The number of hydrogen-bond donors (Lipinski definition) is 0. The Morgan fingerprint density at radius 2 is 0.739 bits per heavy atom. The fraction of sp³-hybridized carbons (Fsp3) is 0.913. The maximum atomic E-state index is 4.05. The third-order valence-electron chi connectivity index (χ3n) is 4.95. The molecule has 0 aromatic rings. The van der Waals surface area contributed by atoms with E-state index in [1.807, 2.05) is 0 Å². The van der Waals surface area contributed by atoms with E-state index in [2.05, 4.69) is 20.8 Å². The molecular formula is C23H46. The van der Waals surface area contributed by atoms with E-state index in [1.54, 1.807) is 0 Å². The Morgan fingerprint density at radius 3 is 1.00 bits per heavy atom. The van der Waals surface area contributed by atoms with Crippen LogP contribution in [0.25, 0.3) is 0 Å². The topological polar surface area (TPSA) is 0 Å². The molecule has 0 amide bonds. The molecule has 138 valence electrons. The van der Waals surface area contributed by atoms with E-state index in [0.717, 1.165) is 6.42 Å². The summed E-state index contributed by atoms with van der Waals surface area (Å²) in [6.45, 7) is 10.2. The second-order valence-corrected chi connectivity index (χ2v) is 7.76. The molecule has 1 unspecified atom stereocenters. The lowest BCUT2D eigenvalue weighted by Gasteiger charge is -2.05. The zero-order valence-electron chi connectivity index (χ0n) is 16.4. The van der Waals surface area contributed by atoms with Crippen LogP contribution in [0.2, 0.25) is 0 Å². The first kappa shape index (κ1) is 23.0. The van der Waals surface area contributed by atoms with Crippen LogP contribution in [0, 0.1) is 19.8 Å². The summed E-state index contributed by atoms with van der Waals surface area (Å²) in [7, 11) is 0. The van der Waals surface area contributed by atoms with Crippen molar-refractivity contribution in [3.63, 3.8) is 0 Å². The van der Waals surface area contributed by atoms with Gasteiger partial charge >= 0.3 is 0 Å². The van der Waals surface area contributed by atoms with Crippen molar-refractivity contribution in [3.8, 4) is 0 Å². The van der Waals surface area contributed by atoms with Crippen LogP contribution in [0.1, 0.15) is 129 Å². The molecule has 0 aromatic carbocycles. The Morgan fingerprint density at radius 1 is 0.478 bits per heavy atom. The monoisotopic (exact) mass is 322 g/mol. The summed E-state index contributed by atoms with van der Waals surface area (Å²) in [5, 5.41) is 0. The first-order valence-corrected chi connectivity index (χ1v) is 10.9. The van der Waals surface area contributed by atoms with Crippen molar-refractivity contribution in [2.24, 2.45) is 5.92 Å². The van der Waals surface area contributed by atoms with Gasteiger partial charge in [-0.2, -0.15) is 0 Å². The molecule has 0 spiro atoms. The average molecular weight is 323 g/mol. The van der Waals surface area contributed by atoms with Gasteiger partial charge in [0.2, 0.25) is 0 Å². The lowest BCUT2D eigenvalue weighted by molar-refractivity contribution is 0.514. The van der Waals surface area contributed by atoms with Crippen molar-refractivity contribution >= 4 is 0 Å². The van der Waals surface area contributed by atoms with Crippen molar-refractivity contribution in [3.05, 3.63) is 13.8 Å². The summed E-state index contributed by atoms with van der Waals surface area (Å²) in [6, 6.07) is 0. The molecule has 0 aliphatic heterocycles. The molecule has 0 fully saturated rings. The molecule has 0 N–H and O–H groups in total. The van der Waals surface area contributed by atoms with Crippen LogP contribution >= 0.6 is 0 Å². The van der Waals surface area contributed by atoms with Crippen LogP contribution in [0.15, 0.2) is 0 Å². The van der Waals surface area contributed by atoms with Crippen molar-refractivity contribution in [2.45, 2.75) is 129 Å². The first-order chi connectivity index (χ1) is 11.3. The molecular weight excluding hydrogens is 276 g/mol. The highest BCUT2D eigenvalue weighted by Crippen LogP contribution is 2.15. The van der Waals surface area contributed by atoms with Crippen LogP contribution in [0.5, 0.6) is 0 Å². The summed E-state index contributed by atoms with van der Waals surface area (Å²) in [5.74, 6) is 0.647. The summed E-state index contributed by atoms with van der Waals surface area (Å²) in [6.07, 6.45) is 27.0. The van der Waals surface area contributed by atoms with E-state index in [1.165, 1.54) is 116 Å². The summed E-state index contributed by atoms with van der Waals surface area (Å²) >= 11 is 0. The van der Waals surface area contributed by atoms with Gasteiger partial charge in [0.15, 0.2) is 0 Å². The van der Waals surface area contributed by atoms with Gasteiger partial charge in [0.05, 0.1) is 0 Å². The minimum Gasteiger partial charge on any atom is -0.0625 e. The quantitative estimate of drug-likeness (QED) is 0.209. The zero-order valence-corrected chi connectivity index (χ0v) is 16.4. The van der Waals surface area contributed by atoms with Gasteiger partial charge in [0.25, 0.3) is 0 Å². The summed E-state index contributed by atoms with van der Waals surface area (Å²) in [4.78, 5) is 0. The molecule has 0 bridgehead atoms. The van der Waals surface area contributed by atoms with Crippen LogP contribution in [0.4, 0.5) is 0 Å². The molecule has 0 aliphatic rings. The van der Waals surface area contributed by atoms with Crippen LogP contribution in [-0.2, 0) is 0 Å². The fourth-order valence-corrected chi connectivity index (χ4v) is 3.32. The van der Waals surface area contributed by atoms with Crippen LogP contribution < -0.4 is 0 Å². The molecule has 1 atom stereocenters. The first-order valence-electron chi connectivity index (χ1n) is 10.9. The standard InChI is InChI=1S/C23H46/c1-4-5-6-7-8-9-10-11-12-13-14-15-16-17-18-19-20-21-22-23(2)3/h23H,1-2,4-22H2,3H3. The van der Waals surface area contributed by atoms with Crippen molar-refractivity contribution in [1.29, 1.82) is 0 Å². The minimum atomic E-state index is 0.647. The Labute approximate surface area is 149 Å². The summed E-state index contributed by atoms with van der Waals surface area (Å²) < 4.78 is 0. The number of rotatable bonds is 19. The SMILES string of the molecule is [CH2]CCCCCCCCCCCCCCCCCCCC([CH2])C. The van der Waals surface area contributed by atoms with E-state index < -0.39 is 0 Å². The van der Waals surface area contributed by atoms with Gasteiger partial charge in [-0.05, 0) is 5.92 Å². The lowest BCUT2D eigenvalue weighted by Crippen LogP contribution is -1.87. The predicted octanol–water partition coefficient (Wildman–Crippen LogP) is 8.70. The Hall–Kier alpha value is 0. The van der Waals surface area contributed by atoms with E-state index in [9.17, 15) is 0 Å². The van der Waals surface area contributed by atoms with Crippen LogP contribution in [0.3, 0.4) is 0 Å². The largest absolute Gasteiger partial charge is 0.0625 e. The van der Waals surface area contributed by atoms with Crippen LogP contribution in [-0.4, -0.2) is 0 Å². The van der Waals surface area contributed by atoms with Crippen molar-refractivity contribution in [1.82, 2.24) is 0 Å². The molecule has 0 saturated carbocycles. The highest BCUT2D eigenvalue weighted by Gasteiger charge is 1.96. The average Bonchev–Trinajstić information content (AvgIpc) is 2.53. The van der Waals surface area contributed by atoms with Crippen molar-refractivity contribution in [2.75, 3.05) is 0 Å². The molecule has 0 saturated heterocycles. The minimum absolute atomic E-state index is 0.647. The molecule has 0 nitrogen and oxygen atoms in total. The number of unbranched alkanes of at least 4 members (excludes halogenated alkanes) is 17. The second-order valence-electron chi connectivity index (χ2n) is 7.76. The molecule has 0 heteroatoms. The van der Waals surface area contributed by atoms with Gasteiger partial charge in [-0.25, -0.2) is 0 Å². The Kier molecular flexibility index (Phi) is 20.0. The van der Waals surface area contributed by atoms with E-state index in [-0.39, 0.29) is 0 Å². The molecule has 0 heterocycles. The molecule has 0 rings (SSSR count). The second kappa shape index (κ2) is 20.0. The van der Waals surface area contributed by atoms with Gasteiger partial charge in [-0.1, -0.05) is 143 Å². The molecule has 23 heavy (non-hydrogen) atoms.